The number of pyridine rings is 1. The van der Waals surface area contributed by atoms with Crippen LogP contribution in [0.1, 0.15) is 37.1 Å². The third kappa shape index (κ3) is 3.00. The summed E-state index contributed by atoms with van der Waals surface area (Å²) in [5, 5.41) is 3.29. The normalized spacial score (nSPS) is 15.7. The Morgan fingerprint density at radius 2 is 2.28 bits per heavy atom. The summed E-state index contributed by atoms with van der Waals surface area (Å²) in [6.07, 6.45) is 2.05. The van der Waals surface area contributed by atoms with Gasteiger partial charge in [-0.25, -0.2) is 0 Å². The second kappa shape index (κ2) is 6.16. The molecule has 1 aromatic heterocycles. The third-order valence-corrected chi connectivity index (χ3v) is 3.55. The fourth-order valence-corrected chi connectivity index (χ4v) is 2.42. The fraction of sp³-hybridized carbons (Fsp3) is 0.643. The van der Waals surface area contributed by atoms with Gasteiger partial charge in [0, 0.05) is 37.3 Å². The van der Waals surface area contributed by atoms with Crippen LogP contribution < -0.4 is 10.9 Å². The van der Waals surface area contributed by atoms with Gasteiger partial charge in [-0.15, -0.1) is 0 Å². The molecule has 0 spiro atoms. The van der Waals surface area contributed by atoms with Crippen molar-refractivity contribution in [1.82, 2.24) is 15.2 Å². The maximum atomic E-state index is 11.9. The van der Waals surface area contributed by atoms with E-state index in [9.17, 15) is 4.79 Å². The largest absolute Gasteiger partial charge is 0.326 e. The number of aromatic nitrogens is 1. The maximum Gasteiger partial charge on any atom is 0.252 e. The van der Waals surface area contributed by atoms with Crippen molar-refractivity contribution < 1.29 is 0 Å². The maximum absolute atomic E-state index is 11.9. The first-order valence-corrected chi connectivity index (χ1v) is 6.91. The molecule has 0 saturated heterocycles. The summed E-state index contributed by atoms with van der Waals surface area (Å²) in [7, 11) is 0. The van der Waals surface area contributed by atoms with Crippen molar-refractivity contribution >= 4 is 0 Å². The number of rotatable bonds is 5. The van der Waals surface area contributed by atoms with Crippen molar-refractivity contribution in [2.24, 2.45) is 0 Å². The topological polar surface area (TPSA) is 48.1 Å². The third-order valence-electron chi connectivity index (χ3n) is 3.55. The van der Waals surface area contributed by atoms with Crippen LogP contribution in [0.25, 0.3) is 0 Å². The first kappa shape index (κ1) is 13.3. The standard InChI is InChI=1S/C14H23N3O/c1-3-6-15-9-11-8-12-10-17(4-2)7-5-13(12)16-14(11)18/h8,15H,3-7,9-10H2,1-2H3,(H,16,18). The Balaban J connectivity index is 2.15. The summed E-state index contributed by atoms with van der Waals surface area (Å²) < 4.78 is 0. The lowest BCUT2D eigenvalue weighted by Crippen LogP contribution is -2.33. The van der Waals surface area contributed by atoms with Crippen LogP contribution in [0.15, 0.2) is 10.9 Å². The Hall–Kier alpha value is -1.13. The van der Waals surface area contributed by atoms with Gasteiger partial charge in [-0.1, -0.05) is 13.8 Å². The van der Waals surface area contributed by atoms with E-state index in [1.54, 1.807) is 0 Å². The Kier molecular flexibility index (Phi) is 4.55. The highest BCUT2D eigenvalue weighted by atomic mass is 16.1. The molecule has 0 aliphatic carbocycles. The molecular weight excluding hydrogens is 226 g/mol. The summed E-state index contributed by atoms with van der Waals surface area (Å²) in [6.45, 7) is 9.02. The molecule has 2 heterocycles. The number of nitrogens with zero attached hydrogens (tertiary/aromatic N) is 1. The van der Waals surface area contributed by atoms with E-state index >= 15 is 0 Å². The number of fused-ring (bicyclic) bond motifs is 1. The van der Waals surface area contributed by atoms with Crippen molar-refractivity contribution in [2.75, 3.05) is 19.6 Å². The van der Waals surface area contributed by atoms with Crippen LogP contribution in [0.4, 0.5) is 0 Å². The minimum absolute atomic E-state index is 0.0716. The average molecular weight is 249 g/mol. The molecule has 0 atom stereocenters. The molecule has 4 nitrogen and oxygen atoms in total. The van der Waals surface area contributed by atoms with Crippen LogP contribution in [0, 0.1) is 0 Å². The minimum Gasteiger partial charge on any atom is -0.326 e. The SMILES string of the molecule is CCCNCc1cc2c([nH]c1=O)CCN(CC)C2. The van der Waals surface area contributed by atoms with Gasteiger partial charge in [0.1, 0.15) is 0 Å². The van der Waals surface area contributed by atoms with Gasteiger partial charge in [0.05, 0.1) is 0 Å². The zero-order chi connectivity index (χ0) is 13.0. The Morgan fingerprint density at radius 3 is 3.00 bits per heavy atom. The lowest BCUT2D eigenvalue weighted by atomic mass is 10.0. The summed E-state index contributed by atoms with van der Waals surface area (Å²) >= 11 is 0. The molecule has 1 aliphatic heterocycles. The van der Waals surface area contributed by atoms with E-state index in [1.165, 1.54) is 5.56 Å². The van der Waals surface area contributed by atoms with Crippen molar-refractivity contribution in [1.29, 1.82) is 0 Å². The smallest absolute Gasteiger partial charge is 0.252 e. The molecule has 2 N–H and O–H groups in total. The predicted octanol–water partition coefficient (Wildman–Crippen LogP) is 1.25. The molecule has 100 valence electrons. The summed E-state index contributed by atoms with van der Waals surface area (Å²) in [6, 6.07) is 2.08. The van der Waals surface area contributed by atoms with Gasteiger partial charge in [0.15, 0.2) is 0 Å². The van der Waals surface area contributed by atoms with Gasteiger partial charge in [0.25, 0.3) is 5.56 Å². The van der Waals surface area contributed by atoms with Gasteiger partial charge >= 0.3 is 0 Å². The van der Waals surface area contributed by atoms with E-state index in [0.29, 0.717) is 6.54 Å². The number of aromatic amines is 1. The number of H-pyrrole nitrogens is 1. The molecule has 2 rings (SSSR count). The monoisotopic (exact) mass is 249 g/mol. The van der Waals surface area contributed by atoms with E-state index in [0.717, 1.165) is 50.3 Å². The molecule has 0 aromatic carbocycles. The first-order chi connectivity index (χ1) is 8.74. The highest BCUT2D eigenvalue weighted by molar-refractivity contribution is 5.27. The predicted molar refractivity (Wildman–Crippen MR) is 73.7 cm³/mol. The van der Waals surface area contributed by atoms with E-state index in [-0.39, 0.29) is 5.56 Å². The lowest BCUT2D eigenvalue weighted by molar-refractivity contribution is 0.265. The van der Waals surface area contributed by atoms with Crippen molar-refractivity contribution in [3.05, 3.63) is 33.2 Å². The van der Waals surface area contributed by atoms with Gasteiger partial charge < -0.3 is 10.3 Å². The molecule has 18 heavy (non-hydrogen) atoms. The lowest BCUT2D eigenvalue weighted by Gasteiger charge is -2.27. The molecule has 0 unspecified atom stereocenters. The van der Waals surface area contributed by atoms with Crippen LogP contribution >= 0.6 is 0 Å². The molecule has 4 heteroatoms. The fourth-order valence-electron chi connectivity index (χ4n) is 2.42. The average Bonchev–Trinajstić information content (AvgIpc) is 2.39. The zero-order valence-corrected chi connectivity index (χ0v) is 11.4. The van der Waals surface area contributed by atoms with E-state index in [1.807, 2.05) is 0 Å². The Bertz CT molecular complexity index is 453. The van der Waals surface area contributed by atoms with Gasteiger partial charge in [0.2, 0.25) is 0 Å². The van der Waals surface area contributed by atoms with Crippen molar-refractivity contribution in [2.45, 2.75) is 39.8 Å². The van der Waals surface area contributed by atoms with Gasteiger partial charge in [-0.05, 0) is 31.1 Å². The number of likely N-dealkylation sites (N-methyl/N-ethyl adjacent to an activating group) is 1. The molecule has 0 amide bonds. The van der Waals surface area contributed by atoms with Crippen molar-refractivity contribution in [3.8, 4) is 0 Å². The highest BCUT2D eigenvalue weighted by Gasteiger charge is 2.16. The van der Waals surface area contributed by atoms with Gasteiger partial charge in [-0.2, -0.15) is 0 Å². The molecule has 1 aromatic rings. The van der Waals surface area contributed by atoms with E-state index in [4.69, 9.17) is 0 Å². The number of hydrogen-bond donors (Lipinski definition) is 2. The van der Waals surface area contributed by atoms with Crippen LogP contribution in [0.5, 0.6) is 0 Å². The van der Waals surface area contributed by atoms with Crippen LogP contribution in [-0.4, -0.2) is 29.5 Å². The second-order valence-corrected chi connectivity index (χ2v) is 4.92. The zero-order valence-electron chi connectivity index (χ0n) is 11.4. The van der Waals surface area contributed by atoms with Crippen LogP contribution in [-0.2, 0) is 19.5 Å². The molecule has 0 bridgehead atoms. The summed E-state index contributed by atoms with van der Waals surface area (Å²) in [4.78, 5) is 17.4. The Labute approximate surface area is 108 Å². The number of nitrogens with one attached hydrogen (secondary N) is 2. The number of hydrogen-bond acceptors (Lipinski definition) is 3. The molecular formula is C14H23N3O. The minimum atomic E-state index is 0.0716. The van der Waals surface area contributed by atoms with E-state index < -0.39 is 0 Å². The van der Waals surface area contributed by atoms with Crippen LogP contribution in [0.3, 0.4) is 0 Å². The molecule has 0 saturated carbocycles. The quantitative estimate of drug-likeness (QED) is 0.772. The van der Waals surface area contributed by atoms with Crippen LogP contribution in [0.2, 0.25) is 0 Å². The van der Waals surface area contributed by atoms with Gasteiger partial charge in [-0.3, -0.25) is 9.69 Å². The Morgan fingerprint density at radius 1 is 1.44 bits per heavy atom. The molecule has 0 radical (unpaired) electrons. The second-order valence-electron chi connectivity index (χ2n) is 4.92. The molecule has 0 fully saturated rings. The van der Waals surface area contributed by atoms with Crippen molar-refractivity contribution in [3.63, 3.8) is 0 Å². The summed E-state index contributed by atoms with van der Waals surface area (Å²) in [5.41, 5.74) is 3.35. The summed E-state index contributed by atoms with van der Waals surface area (Å²) in [5.74, 6) is 0. The highest BCUT2D eigenvalue weighted by Crippen LogP contribution is 2.16. The first-order valence-electron chi connectivity index (χ1n) is 6.91. The van der Waals surface area contributed by atoms with E-state index in [2.05, 4.69) is 35.1 Å². The molecule has 1 aliphatic rings.